The van der Waals surface area contributed by atoms with Crippen molar-refractivity contribution in [1.29, 1.82) is 0 Å². The van der Waals surface area contributed by atoms with E-state index in [1.165, 1.54) is 6.20 Å². The molecule has 3 nitrogen and oxygen atoms in total. The highest BCUT2D eigenvalue weighted by Crippen LogP contribution is 2.30. The predicted octanol–water partition coefficient (Wildman–Crippen LogP) is 2.82. The minimum absolute atomic E-state index is 0.271. The molecule has 0 spiro atoms. The van der Waals surface area contributed by atoms with Crippen molar-refractivity contribution in [3.05, 3.63) is 34.4 Å². The molecule has 1 aromatic heterocycles. The number of H-pyrrole nitrogens is 1. The first-order valence-electron chi connectivity index (χ1n) is 3.97. The van der Waals surface area contributed by atoms with E-state index >= 15 is 0 Å². The number of nitrogens with one attached hydrogen (secondary N) is 1. The van der Waals surface area contributed by atoms with Gasteiger partial charge >= 0.3 is 0 Å². The van der Waals surface area contributed by atoms with Crippen molar-refractivity contribution in [2.45, 2.75) is 0 Å². The number of halogens is 3. The number of aromatic nitrogens is 2. The Morgan fingerprint density at radius 1 is 1.27 bits per heavy atom. The first-order valence-corrected chi connectivity index (χ1v) is 4.76. The van der Waals surface area contributed by atoms with Crippen LogP contribution in [0.2, 0.25) is 0 Å². The topological polar surface area (TPSA) is 48.9 Å². The average Bonchev–Trinajstić information content (AvgIpc) is 2.60. The van der Waals surface area contributed by atoms with Crippen molar-refractivity contribution in [3.63, 3.8) is 0 Å². The molecule has 0 aliphatic heterocycles. The molecule has 0 unspecified atom stereocenters. The molecule has 15 heavy (non-hydrogen) atoms. The highest BCUT2D eigenvalue weighted by molar-refractivity contribution is 9.10. The van der Waals surface area contributed by atoms with Gasteiger partial charge in [0.25, 0.3) is 0 Å². The molecular weight excluding hydrogens is 270 g/mol. The lowest BCUT2D eigenvalue weighted by atomic mass is 10.1. The van der Waals surface area contributed by atoms with Gasteiger partial charge in [-0.2, -0.15) is 5.10 Å². The molecule has 0 atom stereocenters. The largest absolute Gasteiger partial charge is 0.503 e. The lowest BCUT2D eigenvalue weighted by Gasteiger charge is -2.02. The molecule has 2 N–H and O–H groups in total. The van der Waals surface area contributed by atoms with Gasteiger partial charge in [0.15, 0.2) is 17.4 Å². The van der Waals surface area contributed by atoms with E-state index in [4.69, 9.17) is 5.11 Å². The van der Waals surface area contributed by atoms with Crippen LogP contribution in [0.4, 0.5) is 8.78 Å². The molecule has 0 aliphatic rings. The van der Waals surface area contributed by atoms with E-state index in [-0.39, 0.29) is 5.56 Å². The second-order valence-electron chi connectivity index (χ2n) is 2.88. The zero-order chi connectivity index (χ0) is 11.0. The van der Waals surface area contributed by atoms with Crippen molar-refractivity contribution < 1.29 is 13.9 Å². The summed E-state index contributed by atoms with van der Waals surface area (Å²) in [5.74, 6) is -2.99. The number of rotatable bonds is 1. The number of nitrogens with zero attached hydrogens (tertiary/aromatic N) is 1. The molecule has 2 aromatic rings. The lowest BCUT2D eigenvalue weighted by molar-refractivity contribution is 0.396. The van der Waals surface area contributed by atoms with Gasteiger partial charge in [-0.3, -0.25) is 5.10 Å². The van der Waals surface area contributed by atoms with Crippen LogP contribution in [0.1, 0.15) is 0 Å². The van der Waals surface area contributed by atoms with Gasteiger partial charge in [0.1, 0.15) is 0 Å². The lowest BCUT2D eigenvalue weighted by Crippen LogP contribution is -1.87. The quantitative estimate of drug-likeness (QED) is 0.840. The summed E-state index contributed by atoms with van der Waals surface area (Å²) < 4.78 is 26.6. The van der Waals surface area contributed by atoms with Crippen LogP contribution in [0.3, 0.4) is 0 Å². The maximum atomic E-state index is 13.0. The molecule has 1 aromatic carbocycles. The van der Waals surface area contributed by atoms with E-state index in [0.29, 0.717) is 10.2 Å². The fourth-order valence-electron chi connectivity index (χ4n) is 1.18. The fraction of sp³-hybridized carbons (Fsp3) is 0. The minimum atomic E-state index is -1.01. The highest BCUT2D eigenvalue weighted by Gasteiger charge is 2.13. The van der Waals surface area contributed by atoms with Crippen molar-refractivity contribution in [2.75, 3.05) is 0 Å². The summed E-state index contributed by atoms with van der Waals surface area (Å²) in [7, 11) is 0. The molecule has 78 valence electrons. The summed E-state index contributed by atoms with van der Waals surface area (Å²) >= 11 is 3.17. The van der Waals surface area contributed by atoms with Crippen molar-refractivity contribution in [3.8, 4) is 17.0 Å². The third-order valence-corrected chi connectivity index (χ3v) is 2.50. The van der Waals surface area contributed by atoms with Crippen LogP contribution in [0, 0.1) is 11.6 Å². The van der Waals surface area contributed by atoms with Crippen molar-refractivity contribution in [1.82, 2.24) is 10.2 Å². The van der Waals surface area contributed by atoms with Crippen LogP contribution >= 0.6 is 15.9 Å². The Labute approximate surface area is 91.9 Å². The summed E-state index contributed by atoms with van der Waals surface area (Å²) in [6.07, 6.45) is 1.47. The fourth-order valence-corrected chi connectivity index (χ4v) is 1.60. The summed E-state index contributed by atoms with van der Waals surface area (Å²) in [5.41, 5.74) is 0.722. The van der Waals surface area contributed by atoms with Crippen LogP contribution in [0.5, 0.6) is 5.75 Å². The van der Waals surface area contributed by atoms with Gasteiger partial charge in [-0.15, -0.1) is 0 Å². The van der Waals surface area contributed by atoms with Gasteiger partial charge < -0.3 is 5.11 Å². The average molecular weight is 275 g/mol. The Morgan fingerprint density at radius 3 is 2.33 bits per heavy atom. The zero-order valence-corrected chi connectivity index (χ0v) is 8.85. The molecule has 1 heterocycles. The first kappa shape index (κ1) is 10.1. The molecule has 0 amide bonds. The van der Waals surface area contributed by atoms with Crippen LogP contribution in [-0.2, 0) is 0 Å². The van der Waals surface area contributed by atoms with Crippen LogP contribution < -0.4 is 0 Å². The molecule has 2 rings (SSSR count). The summed E-state index contributed by atoms with van der Waals surface area (Å²) in [6, 6.07) is 2.05. The number of benzene rings is 1. The Hall–Kier alpha value is -1.43. The van der Waals surface area contributed by atoms with Crippen LogP contribution in [0.15, 0.2) is 22.8 Å². The Kier molecular flexibility index (Phi) is 2.44. The van der Waals surface area contributed by atoms with E-state index < -0.39 is 17.4 Å². The van der Waals surface area contributed by atoms with Crippen molar-refractivity contribution in [2.24, 2.45) is 0 Å². The van der Waals surface area contributed by atoms with E-state index in [2.05, 4.69) is 26.1 Å². The number of aromatic hydroxyl groups is 1. The van der Waals surface area contributed by atoms with Gasteiger partial charge in [0, 0.05) is 5.56 Å². The predicted molar refractivity (Wildman–Crippen MR) is 53.3 cm³/mol. The smallest absolute Gasteiger partial charge is 0.187 e. The summed E-state index contributed by atoms with van der Waals surface area (Å²) in [4.78, 5) is 0. The summed E-state index contributed by atoms with van der Waals surface area (Å²) in [5, 5.41) is 15.2. The molecule has 0 saturated heterocycles. The third-order valence-electron chi connectivity index (χ3n) is 1.90. The highest BCUT2D eigenvalue weighted by atomic mass is 79.9. The SMILES string of the molecule is Oc1c(F)cc(-c2[nH]ncc2Br)cc1F. The maximum Gasteiger partial charge on any atom is 0.187 e. The number of aromatic amines is 1. The second kappa shape index (κ2) is 3.62. The zero-order valence-electron chi connectivity index (χ0n) is 7.26. The van der Waals surface area contributed by atoms with Crippen LogP contribution in [-0.4, -0.2) is 15.3 Å². The molecule has 6 heteroatoms. The van der Waals surface area contributed by atoms with Gasteiger partial charge in [-0.05, 0) is 28.1 Å². The van der Waals surface area contributed by atoms with Gasteiger partial charge in [-0.1, -0.05) is 0 Å². The number of hydrogen-bond acceptors (Lipinski definition) is 2. The Morgan fingerprint density at radius 2 is 1.87 bits per heavy atom. The molecular formula is C9H5BrF2N2O. The van der Waals surface area contributed by atoms with E-state index in [1.807, 2.05) is 0 Å². The summed E-state index contributed by atoms with van der Waals surface area (Å²) in [6.45, 7) is 0. The molecule has 0 aliphatic carbocycles. The molecule has 0 fully saturated rings. The maximum absolute atomic E-state index is 13.0. The Bertz CT molecular complexity index is 490. The van der Waals surface area contributed by atoms with Gasteiger partial charge in [0.2, 0.25) is 0 Å². The third kappa shape index (κ3) is 1.72. The van der Waals surface area contributed by atoms with E-state index in [0.717, 1.165) is 12.1 Å². The standard InChI is InChI=1S/C9H5BrF2N2O/c10-5-3-13-14-8(5)4-1-6(11)9(15)7(12)2-4/h1-3,15H,(H,13,14). The van der Waals surface area contributed by atoms with Gasteiger partial charge in [0.05, 0.1) is 16.4 Å². The minimum Gasteiger partial charge on any atom is -0.503 e. The second-order valence-corrected chi connectivity index (χ2v) is 3.74. The molecule has 0 bridgehead atoms. The first-order chi connectivity index (χ1) is 7.09. The number of phenols is 1. The monoisotopic (exact) mass is 274 g/mol. The number of hydrogen-bond donors (Lipinski definition) is 2. The van der Waals surface area contributed by atoms with Crippen molar-refractivity contribution >= 4 is 15.9 Å². The Balaban J connectivity index is 2.60. The molecule has 0 saturated carbocycles. The normalized spacial score (nSPS) is 10.6. The van der Waals surface area contributed by atoms with Crippen LogP contribution in [0.25, 0.3) is 11.3 Å². The van der Waals surface area contributed by atoms with E-state index in [9.17, 15) is 8.78 Å². The number of phenolic OH excluding ortho intramolecular Hbond substituents is 1. The van der Waals surface area contributed by atoms with Gasteiger partial charge in [-0.25, -0.2) is 8.78 Å². The molecule has 0 radical (unpaired) electrons. The van der Waals surface area contributed by atoms with E-state index in [1.54, 1.807) is 0 Å².